The molecule has 5 heteroatoms. The SMILES string of the molecule is CC1CCN(C(=O)NC2CCC(C)(C)C2)C(C(=O)O)C1. The maximum Gasteiger partial charge on any atom is 0.326 e. The summed E-state index contributed by atoms with van der Waals surface area (Å²) in [6, 6.07) is -0.688. The van der Waals surface area contributed by atoms with Crippen LogP contribution in [0.2, 0.25) is 0 Å². The molecule has 2 fully saturated rings. The minimum absolute atomic E-state index is 0.186. The van der Waals surface area contributed by atoms with Crippen molar-refractivity contribution in [2.75, 3.05) is 6.54 Å². The summed E-state index contributed by atoms with van der Waals surface area (Å²) in [4.78, 5) is 25.2. The van der Waals surface area contributed by atoms with Crippen molar-refractivity contribution in [3.63, 3.8) is 0 Å². The fourth-order valence-corrected chi connectivity index (χ4v) is 3.44. The number of carbonyl (C=O) groups excluding carboxylic acids is 1. The van der Waals surface area contributed by atoms with Crippen molar-refractivity contribution < 1.29 is 14.7 Å². The summed E-state index contributed by atoms with van der Waals surface area (Å²) in [6.45, 7) is 7.01. The third-order valence-electron chi connectivity index (χ3n) is 4.71. The van der Waals surface area contributed by atoms with Gasteiger partial charge in [-0.1, -0.05) is 20.8 Å². The molecule has 1 heterocycles. The quantitative estimate of drug-likeness (QED) is 0.817. The van der Waals surface area contributed by atoms with E-state index in [9.17, 15) is 14.7 Å². The number of rotatable bonds is 2. The van der Waals surface area contributed by atoms with Gasteiger partial charge in [0.05, 0.1) is 0 Å². The number of hydrogen-bond donors (Lipinski definition) is 2. The van der Waals surface area contributed by atoms with Crippen LogP contribution in [0.3, 0.4) is 0 Å². The zero-order valence-corrected chi connectivity index (χ0v) is 12.7. The molecule has 1 saturated heterocycles. The van der Waals surface area contributed by atoms with Crippen LogP contribution in [-0.4, -0.2) is 40.6 Å². The van der Waals surface area contributed by atoms with Crippen LogP contribution < -0.4 is 5.32 Å². The number of urea groups is 1. The van der Waals surface area contributed by atoms with E-state index in [4.69, 9.17) is 0 Å². The van der Waals surface area contributed by atoms with Gasteiger partial charge in [-0.05, 0) is 43.4 Å². The molecule has 0 radical (unpaired) electrons. The number of carboxylic acid groups (broad SMARTS) is 1. The van der Waals surface area contributed by atoms with E-state index in [0.717, 1.165) is 25.7 Å². The van der Waals surface area contributed by atoms with Gasteiger partial charge in [-0.2, -0.15) is 0 Å². The zero-order valence-electron chi connectivity index (χ0n) is 12.7. The molecule has 114 valence electrons. The van der Waals surface area contributed by atoms with Gasteiger partial charge in [0.15, 0.2) is 0 Å². The third-order valence-corrected chi connectivity index (χ3v) is 4.71. The first-order valence-corrected chi connectivity index (χ1v) is 7.58. The molecule has 2 aliphatic rings. The molecule has 0 aromatic carbocycles. The highest BCUT2D eigenvalue weighted by Gasteiger charge is 2.37. The Labute approximate surface area is 120 Å². The van der Waals surface area contributed by atoms with E-state index in [1.807, 2.05) is 6.92 Å². The highest BCUT2D eigenvalue weighted by Crippen LogP contribution is 2.37. The first-order valence-electron chi connectivity index (χ1n) is 7.58. The number of hydrogen-bond acceptors (Lipinski definition) is 2. The van der Waals surface area contributed by atoms with Crippen LogP contribution in [0.15, 0.2) is 0 Å². The Kier molecular flexibility index (Phi) is 4.25. The average Bonchev–Trinajstić information content (AvgIpc) is 2.68. The Hall–Kier alpha value is -1.26. The van der Waals surface area contributed by atoms with E-state index < -0.39 is 12.0 Å². The molecule has 1 saturated carbocycles. The fraction of sp³-hybridized carbons (Fsp3) is 0.867. The minimum Gasteiger partial charge on any atom is -0.480 e. The Morgan fingerprint density at radius 1 is 1.30 bits per heavy atom. The van der Waals surface area contributed by atoms with E-state index in [0.29, 0.717) is 18.9 Å². The van der Waals surface area contributed by atoms with Crippen molar-refractivity contribution in [1.29, 1.82) is 0 Å². The summed E-state index contributed by atoms with van der Waals surface area (Å²) < 4.78 is 0. The van der Waals surface area contributed by atoms with Gasteiger partial charge in [-0.15, -0.1) is 0 Å². The lowest BCUT2D eigenvalue weighted by Gasteiger charge is -2.36. The smallest absolute Gasteiger partial charge is 0.326 e. The lowest BCUT2D eigenvalue weighted by atomic mass is 9.91. The van der Waals surface area contributed by atoms with Crippen molar-refractivity contribution >= 4 is 12.0 Å². The number of carbonyl (C=O) groups is 2. The number of piperidine rings is 1. The molecule has 1 aliphatic carbocycles. The molecule has 3 unspecified atom stereocenters. The summed E-state index contributed by atoms with van der Waals surface area (Å²) in [7, 11) is 0. The van der Waals surface area contributed by atoms with Crippen molar-refractivity contribution in [2.24, 2.45) is 11.3 Å². The molecule has 0 bridgehead atoms. The number of aliphatic carboxylic acids is 1. The molecular weight excluding hydrogens is 256 g/mol. The largest absolute Gasteiger partial charge is 0.480 e. The normalized spacial score (nSPS) is 33.0. The van der Waals surface area contributed by atoms with Gasteiger partial charge < -0.3 is 15.3 Å². The Morgan fingerprint density at radius 2 is 2.00 bits per heavy atom. The lowest BCUT2D eigenvalue weighted by molar-refractivity contribution is -0.143. The van der Waals surface area contributed by atoms with Gasteiger partial charge in [0.2, 0.25) is 0 Å². The monoisotopic (exact) mass is 282 g/mol. The lowest BCUT2D eigenvalue weighted by Crippen LogP contribution is -2.54. The van der Waals surface area contributed by atoms with E-state index in [1.54, 1.807) is 0 Å². The van der Waals surface area contributed by atoms with Crippen LogP contribution in [0, 0.1) is 11.3 Å². The Balaban J connectivity index is 1.95. The predicted octanol–water partition coefficient (Wildman–Crippen LogP) is 2.46. The molecule has 0 aromatic rings. The molecule has 0 spiro atoms. The highest BCUT2D eigenvalue weighted by atomic mass is 16.4. The van der Waals surface area contributed by atoms with Crippen LogP contribution in [0.25, 0.3) is 0 Å². The van der Waals surface area contributed by atoms with E-state index >= 15 is 0 Å². The molecule has 2 rings (SSSR count). The molecular formula is C15H26N2O3. The molecule has 5 nitrogen and oxygen atoms in total. The molecule has 2 amide bonds. The number of nitrogens with zero attached hydrogens (tertiary/aromatic N) is 1. The van der Waals surface area contributed by atoms with Crippen molar-refractivity contribution in [3.05, 3.63) is 0 Å². The number of amides is 2. The first kappa shape index (κ1) is 15.1. The van der Waals surface area contributed by atoms with Crippen molar-refractivity contribution in [2.45, 2.75) is 65.0 Å². The summed E-state index contributed by atoms with van der Waals surface area (Å²) >= 11 is 0. The van der Waals surface area contributed by atoms with Gasteiger partial charge in [0.25, 0.3) is 0 Å². The fourth-order valence-electron chi connectivity index (χ4n) is 3.44. The van der Waals surface area contributed by atoms with Crippen molar-refractivity contribution in [1.82, 2.24) is 10.2 Å². The maximum atomic E-state index is 12.3. The van der Waals surface area contributed by atoms with Gasteiger partial charge in [0, 0.05) is 12.6 Å². The summed E-state index contributed by atoms with van der Waals surface area (Å²) in [5.41, 5.74) is 0.278. The summed E-state index contributed by atoms with van der Waals surface area (Å²) in [5, 5.41) is 12.3. The number of nitrogens with one attached hydrogen (secondary N) is 1. The summed E-state index contributed by atoms with van der Waals surface area (Å²) in [6.07, 6.45) is 4.51. The van der Waals surface area contributed by atoms with Crippen LogP contribution in [0.5, 0.6) is 0 Å². The van der Waals surface area contributed by atoms with Crippen LogP contribution in [-0.2, 0) is 4.79 Å². The Morgan fingerprint density at radius 3 is 2.55 bits per heavy atom. The van der Waals surface area contributed by atoms with Crippen LogP contribution in [0.1, 0.15) is 52.9 Å². The van der Waals surface area contributed by atoms with Gasteiger partial charge in [-0.3, -0.25) is 0 Å². The van der Waals surface area contributed by atoms with E-state index in [1.165, 1.54) is 4.90 Å². The van der Waals surface area contributed by atoms with Crippen LogP contribution >= 0.6 is 0 Å². The third kappa shape index (κ3) is 3.44. The van der Waals surface area contributed by atoms with E-state index in [2.05, 4.69) is 19.2 Å². The van der Waals surface area contributed by atoms with E-state index in [-0.39, 0.29) is 17.5 Å². The molecule has 20 heavy (non-hydrogen) atoms. The second-order valence-corrected chi connectivity index (χ2v) is 7.23. The molecule has 1 aliphatic heterocycles. The second kappa shape index (κ2) is 5.62. The Bertz CT molecular complexity index is 395. The molecule has 3 atom stereocenters. The van der Waals surface area contributed by atoms with Gasteiger partial charge in [-0.25, -0.2) is 9.59 Å². The topological polar surface area (TPSA) is 69.6 Å². The first-order chi connectivity index (χ1) is 9.28. The number of carboxylic acids is 1. The zero-order chi connectivity index (χ0) is 14.9. The number of likely N-dealkylation sites (tertiary alicyclic amines) is 1. The molecule has 0 aromatic heterocycles. The molecule has 2 N–H and O–H groups in total. The standard InChI is InChI=1S/C15H26N2O3/c1-10-5-7-17(12(8-10)13(18)19)14(20)16-11-4-6-15(2,3)9-11/h10-12H,4-9H2,1-3H3,(H,16,20)(H,18,19). The predicted molar refractivity (Wildman–Crippen MR) is 76.5 cm³/mol. The highest BCUT2D eigenvalue weighted by molar-refractivity contribution is 5.83. The van der Waals surface area contributed by atoms with Crippen LogP contribution in [0.4, 0.5) is 4.79 Å². The van der Waals surface area contributed by atoms with Crippen molar-refractivity contribution in [3.8, 4) is 0 Å². The van der Waals surface area contributed by atoms with Gasteiger partial charge >= 0.3 is 12.0 Å². The van der Waals surface area contributed by atoms with Gasteiger partial charge in [0.1, 0.15) is 6.04 Å². The maximum absolute atomic E-state index is 12.3. The summed E-state index contributed by atoms with van der Waals surface area (Å²) in [5.74, 6) is -0.524. The second-order valence-electron chi connectivity index (χ2n) is 7.23. The minimum atomic E-state index is -0.890. The average molecular weight is 282 g/mol.